The van der Waals surface area contributed by atoms with Gasteiger partial charge in [-0.1, -0.05) is 6.58 Å². The van der Waals surface area contributed by atoms with Crippen molar-refractivity contribution in [3.8, 4) is 0 Å². The van der Waals surface area contributed by atoms with Crippen molar-refractivity contribution in [3.05, 3.63) is 37.0 Å². The van der Waals surface area contributed by atoms with Crippen molar-refractivity contribution >= 4 is 0 Å². The molecule has 0 heterocycles. The van der Waals surface area contributed by atoms with E-state index >= 15 is 0 Å². The van der Waals surface area contributed by atoms with Crippen LogP contribution in [0.15, 0.2) is 37.0 Å². The van der Waals surface area contributed by atoms with Gasteiger partial charge in [-0.2, -0.15) is 0 Å². The van der Waals surface area contributed by atoms with Gasteiger partial charge in [0.15, 0.2) is 5.83 Å². The second kappa shape index (κ2) is 6.20. The summed E-state index contributed by atoms with van der Waals surface area (Å²) >= 11 is 0. The Morgan fingerprint density at radius 1 is 1.10 bits per heavy atom. The first-order valence-corrected chi connectivity index (χ1v) is 2.73. The van der Waals surface area contributed by atoms with Crippen molar-refractivity contribution in [1.82, 2.24) is 0 Å². The molecule has 0 nitrogen and oxygen atoms in total. The molecule has 0 bridgehead atoms. The van der Waals surface area contributed by atoms with E-state index in [1.54, 1.807) is 0 Å². The van der Waals surface area contributed by atoms with Crippen LogP contribution in [0.3, 0.4) is 0 Å². The molecule has 0 aliphatic carbocycles. The third-order valence-electron chi connectivity index (χ3n) is 0.677. The zero-order valence-electron chi connectivity index (χ0n) is 6.38. The zero-order chi connectivity index (χ0) is 8.73. The Labute approximate surface area is 60.6 Å². The molecule has 0 aliphatic heterocycles. The van der Waals surface area contributed by atoms with Crippen LogP contribution >= 0.6 is 0 Å². The number of hydrogen-bond acceptors (Lipinski definition) is 0. The summed E-state index contributed by atoms with van der Waals surface area (Å²) in [4.78, 5) is 0. The Kier molecular flexibility index (Phi) is 7.34. The van der Waals surface area contributed by atoms with Crippen molar-refractivity contribution in [2.45, 2.75) is 13.8 Å². The Morgan fingerprint density at radius 2 is 1.40 bits per heavy atom. The van der Waals surface area contributed by atoms with Crippen LogP contribution in [0.5, 0.6) is 0 Å². The van der Waals surface area contributed by atoms with Gasteiger partial charge in [-0.05, 0) is 19.4 Å². The lowest BCUT2D eigenvalue weighted by Crippen LogP contribution is -1.75. The molecule has 0 saturated heterocycles. The zero-order valence-corrected chi connectivity index (χ0v) is 6.38. The molecule has 2 heteroatoms. The van der Waals surface area contributed by atoms with E-state index in [0.29, 0.717) is 0 Å². The predicted octanol–water partition coefficient (Wildman–Crippen LogP) is 3.54. The number of allylic oxidation sites excluding steroid dienone is 3. The van der Waals surface area contributed by atoms with Crippen molar-refractivity contribution in [2.24, 2.45) is 0 Å². The third kappa shape index (κ3) is 5.22. The Morgan fingerprint density at radius 3 is 1.40 bits per heavy atom. The molecular weight excluding hydrogens is 134 g/mol. The Balaban J connectivity index is 0. The molecule has 10 heavy (non-hydrogen) atoms. The Hall–Kier alpha value is -0.920. The van der Waals surface area contributed by atoms with Gasteiger partial charge in [-0.25, -0.2) is 8.78 Å². The number of hydrogen-bond donors (Lipinski definition) is 0. The summed E-state index contributed by atoms with van der Waals surface area (Å²) in [5.74, 6) is -1.65. The van der Waals surface area contributed by atoms with Crippen molar-refractivity contribution in [3.63, 3.8) is 0 Å². The van der Waals surface area contributed by atoms with Gasteiger partial charge < -0.3 is 0 Å². The molecule has 0 saturated carbocycles. The fourth-order valence-corrected chi connectivity index (χ4v) is 0.294. The van der Waals surface area contributed by atoms with Crippen LogP contribution < -0.4 is 0 Å². The van der Waals surface area contributed by atoms with Gasteiger partial charge in [0.25, 0.3) is 0 Å². The van der Waals surface area contributed by atoms with Gasteiger partial charge in [-0.15, -0.1) is 13.2 Å². The van der Waals surface area contributed by atoms with Gasteiger partial charge in [-0.3, -0.25) is 0 Å². The number of rotatable bonds is 1. The van der Waals surface area contributed by atoms with Crippen LogP contribution in [0, 0.1) is 0 Å². The maximum Gasteiger partial charge on any atom is 0.156 e. The lowest BCUT2D eigenvalue weighted by Gasteiger charge is -1.90. The highest BCUT2D eigenvalue weighted by molar-refractivity contribution is 5.20. The molecule has 0 rings (SSSR count). The van der Waals surface area contributed by atoms with E-state index < -0.39 is 11.7 Å². The fraction of sp³-hybridized carbons (Fsp3) is 0.250. The molecule has 0 aromatic heterocycles. The third-order valence-corrected chi connectivity index (χ3v) is 0.677. The van der Waals surface area contributed by atoms with Gasteiger partial charge >= 0.3 is 0 Å². The molecule has 0 aromatic carbocycles. The summed E-state index contributed by atoms with van der Waals surface area (Å²) in [6.45, 7) is 11.7. The second-order valence-electron chi connectivity index (χ2n) is 1.63. The standard InChI is InChI=1S/C6H8F2.C2H4/c1-4(2)6(8)5(3)7;1-2/h1H2,2-3H3;1-2H2/b6-5-;. The predicted molar refractivity (Wildman–Crippen MR) is 41.0 cm³/mol. The summed E-state index contributed by atoms with van der Waals surface area (Å²) < 4.78 is 23.8. The molecule has 0 spiro atoms. The van der Waals surface area contributed by atoms with Gasteiger partial charge in [0, 0.05) is 0 Å². The molecule has 0 N–H and O–H groups in total. The first kappa shape index (κ1) is 11.8. The van der Waals surface area contributed by atoms with Crippen LogP contribution in [-0.4, -0.2) is 0 Å². The summed E-state index contributed by atoms with van der Waals surface area (Å²) in [5, 5.41) is 0. The summed E-state index contributed by atoms with van der Waals surface area (Å²) in [7, 11) is 0. The maximum absolute atomic E-state index is 12.1. The van der Waals surface area contributed by atoms with Gasteiger partial charge in [0.1, 0.15) is 5.83 Å². The average molecular weight is 146 g/mol. The second-order valence-corrected chi connectivity index (χ2v) is 1.63. The van der Waals surface area contributed by atoms with Crippen molar-refractivity contribution in [2.75, 3.05) is 0 Å². The van der Waals surface area contributed by atoms with E-state index in [0.717, 1.165) is 6.92 Å². The maximum atomic E-state index is 12.1. The lowest BCUT2D eigenvalue weighted by atomic mass is 10.3. The highest BCUT2D eigenvalue weighted by Crippen LogP contribution is 2.13. The molecule has 0 unspecified atom stereocenters. The minimum atomic E-state index is -0.843. The van der Waals surface area contributed by atoms with Crippen molar-refractivity contribution in [1.29, 1.82) is 0 Å². The highest BCUT2D eigenvalue weighted by Gasteiger charge is 1.98. The SMILES string of the molecule is C=C.C=C(C)/C(F)=C(\C)F. The normalized spacial score (nSPS) is 10.8. The van der Waals surface area contributed by atoms with E-state index in [9.17, 15) is 8.78 Å². The fourth-order valence-electron chi connectivity index (χ4n) is 0.294. The summed E-state index contributed by atoms with van der Waals surface area (Å²) in [6, 6.07) is 0. The molecule has 0 fully saturated rings. The van der Waals surface area contributed by atoms with Crippen LogP contribution in [0.25, 0.3) is 0 Å². The van der Waals surface area contributed by atoms with E-state index in [1.807, 2.05) is 0 Å². The number of halogens is 2. The van der Waals surface area contributed by atoms with Crippen LogP contribution in [-0.2, 0) is 0 Å². The first-order valence-electron chi connectivity index (χ1n) is 2.73. The molecule has 58 valence electrons. The summed E-state index contributed by atoms with van der Waals surface area (Å²) in [5.41, 5.74) is 0.130. The van der Waals surface area contributed by atoms with Gasteiger partial charge in [0.05, 0.1) is 0 Å². The van der Waals surface area contributed by atoms with E-state index in [2.05, 4.69) is 19.7 Å². The smallest absolute Gasteiger partial charge is 0.156 e. The first-order chi connectivity index (χ1) is 4.55. The van der Waals surface area contributed by atoms with E-state index in [-0.39, 0.29) is 5.57 Å². The summed E-state index contributed by atoms with van der Waals surface area (Å²) in [6.07, 6.45) is 0. The van der Waals surface area contributed by atoms with E-state index in [4.69, 9.17) is 0 Å². The molecule has 0 radical (unpaired) electrons. The van der Waals surface area contributed by atoms with E-state index in [1.165, 1.54) is 6.92 Å². The quantitative estimate of drug-likeness (QED) is 0.392. The van der Waals surface area contributed by atoms with Crippen LogP contribution in [0.2, 0.25) is 0 Å². The molecule has 0 amide bonds. The molecule has 0 aliphatic rings. The highest BCUT2D eigenvalue weighted by atomic mass is 19.2. The largest absolute Gasteiger partial charge is 0.209 e. The molecule has 0 aromatic rings. The minimum absolute atomic E-state index is 0.130. The van der Waals surface area contributed by atoms with Crippen molar-refractivity contribution < 1.29 is 8.78 Å². The lowest BCUT2D eigenvalue weighted by molar-refractivity contribution is 0.548. The molecular formula is C8H12F2. The van der Waals surface area contributed by atoms with Crippen LogP contribution in [0.1, 0.15) is 13.8 Å². The van der Waals surface area contributed by atoms with Crippen LogP contribution in [0.4, 0.5) is 8.78 Å². The average Bonchev–Trinajstić information content (AvgIpc) is 1.90. The minimum Gasteiger partial charge on any atom is -0.209 e. The monoisotopic (exact) mass is 146 g/mol. The van der Waals surface area contributed by atoms with Gasteiger partial charge in [0.2, 0.25) is 0 Å². The molecule has 0 atom stereocenters. The topological polar surface area (TPSA) is 0 Å². The Bertz CT molecular complexity index is 141.